The van der Waals surface area contributed by atoms with Crippen LogP contribution in [0.5, 0.6) is 0 Å². The maximum absolute atomic E-state index is 10.9. The summed E-state index contributed by atoms with van der Waals surface area (Å²) in [5.74, 6) is 0. The van der Waals surface area contributed by atoms with Crippen LogP contribution in [0.1, 0.15) is 12.0 Å². The molecule has 1 aromatic rings. The zero-order valence-electron chi connectivity index (χ0n) is 9.77. The van der Waals surface area contributed by atoms with E-state index in [1.54, 1.807) is 13.1 Å². The third-order valence-corrected chi connectivity index (χ3v) is 2.92. The van der Waals surface area contributed by atoms with Crippen molar-refractivity contribution >= 4 is 17.7 Å². The minimum atomic E-state index is -0.925. The summed E-state index contributed by atoms with van der Waals surface area (Å²) in [6.07, 6.45) is 2.10. The van der Waals surface area contributed by atoms with E-state index in [1.807, 2.05) is 24.3 Å². The normalized spacial score (nSPS) is 11.9. The Balaban J connectivity index is 2.75. The van der Waals surface area contributed by atoms with E-state index in [1.165, 1.54) is 4.90 Å². The molecule has 1 unspecified atom stereocenters. The van der Waals surface area contributed by atoms with Crippen molar-refractivity contribution in [3.63, 3.8) is 0 Å². The predicted molar refractivity (Wildman–Crippen MR) is 69.5 cm³/mol. The standard InChI is InChI=1S/C13H16ClNO2/c1-3-4-12(15(2)13(16)17)9-10-5-7-11(14)8-6-10/h3,5-8,12H,1,4,9H2,2H3,(H,16,17). The zero-order valence-corrected chi connectivity index (χ0v) is 10.5. The Labute approximate surface area is 106 Å². The maximum atomic E-state index is 10.9. The number of hydrogen-bond donors (Lipinski definition) is 1. The molecule has 0 bridgehead atoms. The van der Waals surface area contributed by atoms with Crippen LogP contribution in [-0.4, -0.2) is 29.2 Å². The smallest absolute Gasteiger partial charge is 0.407 e. The SMILES string of the molecule is C=CCC(Cc1ccc(Cl)cc1)N(C)C(=O)O. The van der Waals surface area contributed by atoms with E-state index in [4.69, 9.17) is 16.7 Å². The second kappa shape index (κ2) is 6.30. The molecule has 3 nitrogen and oxygen atoms in total. The van der Waals surface area contributed by atoms with Crippen LogP contribution in [0.15, 0.2) is 36.9 Å². The molecule has 0 aliphatic heterocycles. The number of halogens is 1. The second-order valence-electron chi connectivity index (χ2n) is 3.90. The van der Waals surface area contributed by atoms with Crippen LogP contribution in [0.25, 0.3) is 0 Å². The number of carbonyl (C=O) groups is 1. The first-order valence-corrected chi connectivity index (χ1v) is 5.73. The minimum absolute atomic E-state index is 0.0915. The van der Waals surface area contributed by atoms with Crippen molar-refractivity contribution in [2.24, 2.45) is 0 Å². The van der Waals surface area contributed by atoms with E-state index < -0.39 is 6.09 Å². The molecule has 0 aromatic heterocycles. The number of nitrogens with zero attached hydrogens (tertiary/aromatic N) is 1. The molecule has 92 valence electrons. The highest BCUT2D eigenvalue weighted by Gasteiger charge is 2.18. The molecule has 1 rings (SSSR count). The van der Waals surface area contributed by atoms with Crippen molar-refractivity contribution in [1.29, 1.82) is 0 Å². The number of hydrogen-bond acceptors (Lipinski definition) is 1. The van der Waals surface area contributed by atoms with Crippen LogP contribution in [0.2, 0.25) is 5.02 Å². The van der Waals surface area contributed by atoms with Crippen LogP contribution >= 0.6 is 11.6 Å². The third kappa shape index (κ3) is 4.11. The molecular formula is C13H16ClNO2. The Morgan fingerprint density at radius 2 is 2.12 bits per heavy atom. The lowest BCUT2D eigenvalue weighted by molar-refractivity contribution is 0.138. The molecule has 4 heteroatoms. The molecule has 0 saturated carbocycles. The lowest BCUT2D eigenvalue weighted by Crippen LogP contribution is -2.37. The first-order valence-electron chi connectivity index (χ1n) is 5.35. The maximum Gasteiger partial charge on any atom is 0.407 e. The van der Waals surface area contributed by atoms with Crippen LogP contribution in [0.4, 0.5) is 4.79 Å². The largest absolute Gasteiger partial charge is 0.465 e. The highest BCUT2D eigenvalue weighted by atomic mass is 35.5. The van der Waals surface area contributed by atoms with Gasteiger partial charge in [0.1, 0.15) is 0 Å². The van der Waals surface area contributed by atoms with Crippen LogP contribution in [0.3, 0.4) is 0 Å². The van der Waals surface area contributed by atoms with Gasteiger partial charge in [-0.2, -0.15) is 0 Å². The summed E-state index contributed by atoms with van der Waals surface area (Å²) in [5, 5.41) is 9.65. The number of benzene rings is 1. The van der Waals surface area contributed by atoms with Crippen molar-refractivity contribution in [1.82, 2.24) is 4.90 Å². The fraction of sp³-hybridized carbons (Fsp3) is 0.308. The monoisotopic (exact) mass is 253 g/mol. The molecule has 0 fully saturated rings. The summed E-state index contributed by atoms with van der Waals surface area (Å²) >= 11 is 5.80. The van der Waals surface area contributed by atoms with Gasteiger partial charge in [-0.1, -0.05) is 29.8 Å². The Hall–Kier alpha value is -1.48. The second-order valence-corrected chi connectivity index (χ2v) is 4.34. The first-order chi connectivity index (χ1) is 8.04. The van der Waals surface area contributed by atoms with Crippen molar-refractivity contribution < 1.29 is 9.90 Å². The third-order valence-electron chi connectivity index (χ3n) is 2.67. The van der Waals surface area contributed by atoms with E-state index in [9.17, 15) is 4.79 Å². The van der Waals surface area contributed by atoms with Crippen LogP contribution in [-0.2, 0) is 6.42 Å². The summed E-state index contributed by atoms with van der Waals surface area (Å²) < 4.78 is 0. The lowest BCUT2D eigenvalue weighted by Gasteiger charge is -2.24. The number of rotatable bonds is 5. The fourth-order valence-corrected chi connectivity index (χ4v) is 1.75. The Morgan fingerprint density at radius 1 is 1.53 bits per heavy atom. The van der Waals surface area contributed by atoms with Gasteiger partial charge in [-0.05, 0) is 30.5 Å². The van der Waals surface area contributed by atoms with Gasteiger partial charge >= 0.3 is 6.09 Å². The van der Waals surface area contributed by atoms with Gasteiger partial charge in [0.2, 0.25) is 0 Å². The molecule has 0 spiro atoms. The predicted octanol–water partition coefficient (Wildman–Crippen LogP) is 3.44. The van der Waals surface area contributed by atoms with Crippen molar-refractivity contribution in [2.45, 2.75) is 18.9 Å². The Kier molecular flexibility index (Phi) is 5.04. The molecule has 0 saturated heterocycles. The van der Waals surface area contributed by atoms with Crippen molar-refractivity contribution in [3.05, 3.63) is 47.5 Å². The summed E-state index contributed by atoms with van der Waals surface area (Å²) in [4.78, 5) is 12.2. The molecule has 0 aliphatic carbocycles. The summed E-state index contributed by atoms with van der Waals surface area (Å²) in [6.45, 7) is 3.66. The number of carboxylic acid groups (broad SMARTS) is 1. The van der Waals surface area contributed by atoms with Crippen LogP contribution in [0, 0.1) is 0 Å². The van der Waals surface area contributed by atoms with Gasteiger partial charge in [0, 0.05) is 18.1 Å². The molecule has 0 aliphatic rings. The van der Waals surface area contributed by atoms with Crippen LogP contribution < -0.4 is 0 Å². The van der Waals surface area contributed by atoms with Gasteiger partial charge in [-0.15, -0.1) is 6.58 Å². The topological polar surface area (TPSA) is 40.5 Å². The molecule has 0 radical (unpaired) electrons. The first kappa shape index (κ1) is 13.6. The van der Waals surface area contributed by atoms with Gasteiger partial charge in [0.05, 0.1) is 0 Å². The van der Waals surface area contributed by atoms with E-state index in [2.05, 4.69) is 6.58 Å². The summed E-state index contributed by atoms with van der Waals surface area (Å²) in [6, 6.07) is 7.35. The Bertz CT molecular complexity index is 389. The van der Waals surface area contributed by atoms with E-state index in [-0.39, 0.29) is 6.04 Å². The molecule has 0 heterocycles. The quantitative estimate of drug-likeness (QED) is 0.817. The summed E-state index contributed by atoms with van der Waals surface area (Å²) in [5.41, 5.74) is 1.06. The molecule has 17 heavy (non-hydrogen) atoms. The van der Waals surface area contributed by atoms with E-state index in [0.717, 1.165) is 5.56 Å². The fourth-order valence-electron chi connectivity index (χ4n) is 1.62. The highest BCUT2D eigenvalue weighted by Crippen LogP contribution is 2.15. The van der Waals surface area contributed by atoms with E-state index >= 15 is 0 Å². The average Bonchev–Trinajstić information content (AvgIpc) is 2.30. The minimum Gasteiger partial charge on any atom is -0.465 e. The molecule has 1 amide bonds. The average molecular weight is 254 g/mol. The van der Waals surface area contributed by atoms with Crippen molar-refractivity contribution in [3.8, 4) is 0 Å². The van der Waals surface area contributed by atoms with Crippen molar-refractivity contribution in [2.75, 3.05) is 7.05 Å². The van der Waals surface area contributed by atoms with Gasteiger partial charge in [0.15, 0.2) is 0 Å². The highest BCUT2D eigenvalue weighted by molar-refractivity contribution is 6.30. The molecule has 1 aromatic carbocycles. The van der Waals surface area contributed by atoms with Gasteiger partial charge in [-0.3, -0.25) is 0 Å². The lowest BCUT2D eigenvalue weighted by atomic mass is 10.0. The molecular weight excluding hydrogens is 238 g/mol. The summed E-state index contributed by atoms with van der Waals surface area (Å²) in [7, 11) is 1.58. The van der Waals surface area contributed by atoms with Gasteiger partial charge in [0.25, 0.3) is 0 Å². The Morgan fingerprint density at radius 3 is 2.59 bits per heavy atom. The number of likely N-dealkylation sites (N-methyl/N-ethyl adjacent to an activating group) is 1. The number of amides is 1. The molecule has 1 atom stereocenters. The van der Waals surface area contributed by atoms with Gasteiger partial charge in [-0.25, -0.2) is 4.79 Å². The van der Waals surface area contributed by atoms with E-state index in [0.29, 0.717) is 17.9 Å². The molecule has 1 N–H and O–H groups in total. The van der Waals surface area contributed by atoms with Gasteiger partial charge < -0.3 is 10.0 Å². The zero-order chi connectivity index (χ0) is 12.8.